The SMILES string of the molecule is [C-]#[N+]c1cccc(-c2cc(C)cc(CNC(=O)C3CCCN3C)c2)c1. The molecule has 0 bridgehead atoms. The van der Waals surface area contributed by atoms with Crippen LogP contribution in [0.25, 0.3) is 16.0 Å². The van der Waals surface area contributed by atoms with Crippen LogP contribution in [0, 0.1) is 13.5 Å². The molecule has 0 aromatic heterocycles. The van der Waals surface area contributed by atoms with Crippen LogP contribution >= 0.6 is 0 Å². The highest BCUT2D eigenvalue weighted by molar-refractivity contribution is 5.82. The highest BCUT2D eigenvalue weighted by Crippen LogP contribution is 2.26. The van der Waals surface area contributed by atoms with Crippen molar-refractivity contribution in [3.8, 4) is 11.1 Å². The Morgan fingerprint density at radius 1 is 1.28 bits per heavy atom. The van der Waals surface area contributed by atoms with Gasteiger partial charge in [0.05, 0.1) is 12.6 Å². The molecule has 0 saturated carbocycles. The van der Waals surface area contributed by atoms with Gasteiger partial charge in [-0.3, -0.25) is 9.69 Å². The molecule has 1 aliphatic rings. The maximum atomic E-state index is 12.4. The number of carbonyl (C=O) groups excluding carboxylic acids is 1. The molecule has 0 aliphatic carbocycles. The third-order valence-corrected chi connectivity index (χ3v) is 4.74. The Morgan fingerprint density at radius 2 is 2.12 bits per heavy atom. The van der Waals surface area contributed by atoms with E-state index in [1.807, 2.05) is 31.3 Å². The van der Waals surface area contributed by atoms with Crippen LogP contribution in [0.2, 0.25) is 0 Å². The number of hydrogen-bond donors (Lipinski definition) is 1. The minimum absolute atomic E-state index is 0.000345. The standard InChI is InChI=1S/C21H23N3O/c1-15-10-16(14-23-21(25)20-8-5-9-24(20)3)12-18(11-15)17-6-4-7-19(13-17)22-2/h4,6-7,10-13,20H,5,8-9,14H2,1,3H3,(H,23,25). The van der Waals surface area contributed by atoms with Crippen molar-refractivity contribution in [3.05, 3.63) is 65.0 Å². The van der Waals surface area contributed by atoms with Crippen LogP contribution in [-0.2, 0) is 11.3 Å². The molecule has 3 rings (SSSR count). The Bertz CT molecular complexity index is 822. The van der Waals surface area contributed by atoms with E-state index >= 15 is 0 Å². The lowest BCUT2D eigenvalue weighted by atomic mass is 9.99. The molecule has 2 aromatic rings. The van der Waals surface area contributed by atoms with Gasteiger partial charge < -0.3 is 5.32 Å². The van der Waals surface area contributed by atoms with E-state index in [1.54, 1.807) is 0 Å². The summed E-state index contributed by atoms with van der Waals surface area (Å²) in [6, 6.07) is 13.9. The summed E-state index contributed by atoms with van der Waals surface area (Å²) in [6.45, 7) is 10.7. The van der Waals surface area contributed by atoms with Crippen LogP contribution in [0.1, 0.15) is 24.0 Å². The number of nitrogens with one attached hydrogen (secondary N) is 1. The molecule has 1 fully saturated rings. The van der Waals surface area contributed by atoms with E-state index in [2.05, 4.69) is 40.2 Å². The van der Waals surface area contributed by atoms with E-state index in [0.717, 1.165) is 41.6 Å². The zero-order valence-corrected chi connectivity index (χ0v) is 14.7. The molecule has 1 atom stereocenters. The highest BCUT2D eigenvalue weighted by atomic mass is 16.2. The third kappa shape index (κ3) is 4.07. The Labute approximate surface area is 149 Å². The van der Waals surface area contributed by atoms with Crippen molar-refractivity contribution in [1.29, 1.82) is 0 Å². The predicted octanol–water partition coefficient (Wildman–Crippen LogP) is 3.92. The first-order chi connectivity index (χ1) is 12.1. The van der Waals surface area contributed by atoms with E-state index < -0.39 is 0 Å². The largest absolute Gasteiger partial charge is 0.351 e. The second-order valence-electron chi connectivity index (χ2n) is 6.73. The van der Waals surface area contributed by atoms with Gasteiger partial charge in [0.2, 0.25) is 5.91 Å². The van der Waals surface area contributed by atoms with Gasteiger partial charge in [-0.05, 0) is 62.2 Å². The zero-order chi connectivity index (χ0) is 17.8. The van der Waals surface area contributed by atoms with Crippen molar-refractivity contribution in [2.45, 2.75) is 32.4 Å². The van der Waals surface area contributed by atoms with Crippen molar-refractivity contribution >= 4 is 11.6 Å². The minimum atomic E-state index is -0.000345. The number of carbonyl (C=O) groups is 1. The lowest BCUT2D eigenvalue weighted by Crippen LogP contribution is -2.41. The second-order valence-corrected chi connectivity index (χ2v) is 6.73. The summed E-state index contributed by atoms with van der Waals surface area (Å²) in [7, 11) is 2.01. The second kappa shape index (κ2) is 7.50. The molecule has 1 saturated heterocycles. The predicted molar refractivity (Wildman–Crippen MR) is 100 cm³/mol. The first-order valence-corrected chi connectivity index (χ1v) is 8.63. The van der Waals surface area contributed by atoms with Gasteiger partial charge >= 0.3 is 0 Å². The normalized spacial score (nSPS) is 17.2. The summed E-state index contributed by atoms with van der Waals surface area (Å²) in [5.74, 6) is 0.109. The maximum Gasteiger partial charge on any atom is 0.237 e. The number of amides is 1. The summed E-state index contributed by atoms with van der Waals surface area (Å²) >= 11 is 0. The summed E-state index contributed by atoms with van der Waals surface area (Å²) in [5.41, 5.74) is 4.97. The number of rotatable bonds is 4. The van der Waals surface area contributed by atoms with E-state index in [-0.39, 0.29) is 11.9 Å². The lowest BCUT2D eigenvalue weighted by molar-refractivity contribution is -0.125. The van der Waals surface area contributed by atoms with Crippen LogP contribution in [0.4, 0.5) is 5.69 Å². The average Bonchev–Trinajstić information content (AvgIpc) is 3.05. The summed E-state index contributed by atoms with van der Waals surface area (Å²) in [4.78, 5) is 18.0. The third-order valence-electron chi connectivity index (χ3n) is 4.74. The van der Waals surface area contributed by atoms with Crippen LogP contribution in [0.5, 0.6) is 0 Å². The van der Waals surface area contributed by atoms with Gasteiger partial charge in [-0.1, -0.05) is 35.9 Å². The van der Waals surface area contributed by atoms with Crippen LogP contribution in [-0.4, -0.2) is 30.4 Å². The van der Waals surface area contributed by atoms with Crippen molar-refractivity contribution in [2.24, 2.45) is 0 Å². The van der Waals surface area contributed by atoms with Gasteiger partial charge in [-0.2, -0.15) is 0 Å². The molecule has 1 amide bonds. The quantitative estimate of drug-likeness (QED) is 0.861. The van der Waals surface area contributed by atoms with E-state index in [1.165, 1.54) is 0 Å². The molecule has 0 radical (unpaired) electrons. The van der Waals surface area contributed by atoms with Gasteiger partial charge in [0.25, 0.3) is 0 Å². The van der Waals surface area contributed by atoms with Gasteiger partial charge in [-0.25, -0.2) is 4.85 Å². The molecule has 4 nitrogen and oxygen atoms in total. The molecule has 2 aromatic carbocycles. The maximum absolute atomic E-state index is 12.4. The fraction of sp³-hybridized carbons (Fsp3) is 0.333. The number of hydrogen-bond acceptors (Lipinski definition) is 2. The average molecular weight is 333 g/mol. The van der Waals surface area contributed by atoms with Crippen LogP contribution in [0.3, 0.4) is 0 Å². The highest BCUT2D eigenvalue weighted by Gasteiger charge is 2.27. The first-order valence-electron chi connectivity index (χ1n) is 8.63. The summed E-state index contributed by atoms with van der Waals surface area (Å²) in [6.07, 6.45) is 2.02. The molecular weight excluding hydrogens is 310 g/mol. The molecule has 25 heavy (non-hydrogen) atoms. The van der Waals surface area contributed by atoms with Crippen molar-refractivity contribution in [3.63, 3.8) is 0 Å². The number of nitrogens with zero attached hydrogens (tertiary/aromatic N) is 2. The van der Waals surface area contributed by atoms with Crippen LogP contribution in [0.15, 0.2) is 42.5 Å². The van der Waals surface area contributed by atoms with E-state index in [4.69, 9.17) is 6.57 Å². The number of aryl methyl sites for hydroxylation is 1. The Hall–Kier alpha value is -2.64. The molecule has 1 aliphatic heterocycles. The van der Waals surface area contributed by atoms with Gasteiger partial charge in [0.1, 0.15) is 0 Å². The molecule has 1 N–H and O–H groups in total. The monoisotopic (exact) mass is 333 g/mol. The summed E-state index contributed by atoms with van der Waals surface area (Å²) < 4.78 is 0. The van der Waals surface area contributed by atoms with Gasteiger partial charge in [-0.15, -0.1) is 0 Å². The Kier molecular flexibility index (Phi) is 5.16. The summed E-state index contributed by atoms with van der Waals surface area (Å²) in [5, 5.41) is 3.07. The van der Waals surface area contributed by atoms with Crippen molar-refractivity contribution < 1.29 is 4.79 Å². The fourth-order valence-electron chi connectivity index (χ4n) is 3.43. The van der Waals surface area contributed by atoms with Gasteiger partial charge in [0, 0.05) is 6.54 Å². The Morgan fingerprint density at radius 3 is 2.84 bits per heavy atom. The van der Waals surface area contributed by atoms with Gasteiger partial charge in [0.15, 0.2) is 5.69 Å². The lowest BCUT2D eigenvalue weighted by Gasteiger charge is -2.19. The molecule has 0 spiro atoms. The van der Waals surface area contributed by atoms with Crippen molar-refractivity contribution in [1.82, 2.24) is 10.2 Å². The number of likely N-dealkylation sites (tertiary alicyclic amines) is 1. The van der Waals surface area contributed by atoms with Crippen LogP contribution < -0.4 is 5.32 Å². The fourth-order valence-corrected chi connectivity index (χ4v) is 3.43. The van der Waals surface area contributed by atoms with E-state index in [0.29, 0.717) is 12.2 Å². The topological polar surface area (TPSA) is 36.7 Å². The minimum Gasteiger partial charge on any atom is -0.351 e. The smallest absolute Gasteiger partial charge is 0.237 e. The number of benzene rings is 2. The molecule has 128 valence electrons. The van der Waals surface area contributed by atoms with E-state index in [9.17, 15) is 4.79 Å². The molecule has 1 unspecified atom stereocenters. The van der Waals surface area contributed by atoms with Crippen molar-refractivity contribution in [2.75, 3.05) is 13.6 Å². The zero-order valence-electron chi connectivity index (χ0n) is 14.7. The Balaban J connectivity index is 1.75. The first kappa shape index (κ1) is 17.2. The molecule has 1 heterocycles. The number of likely N-dealkylation sites (N-methyl/N-ethyl adjacent to an activating group) is 1. The molecule has 4 heteroatoms. The molecular formula is C21H23N3O.